The molecular weight excluding hydrogens is 266 g/mol. The van der Waals surface area contributed by atoms with Crippen molar-refractivity contribution in [1.82, 2.24) is 9.38 Å². The number of nitrogens with two attached hydrogens (primary N) is 1. The molecule has 3 aliphatic rings. The summed E-state index contributed by atoms with van der Waals surface area (Å²) in [5.41, 5.74) is 8.10. The summed E-state index contributed by atoms with van der Waals surface area (Å²) in [7, 11) is 0. The van der Waals surface area contributed by atoms with E-state index in [4.69, 9.17) is 10.7 Å². The Morgan fingerprint density at radius 1 is 1.40 bits per heavy atom. The van der Waals surface area contributed by atoms with Gasteiger partial charge in [0.25, 0.3) is 0 Å². The second-order valence-electron chi connectivity index (χ2n) is 7.30. The number of hydrogen-bond donors (Lipinski definition) is 1. The van der Waals surface area contributed by atoms with Gasteiger partial charge in [0.2, 0.25) is 0 Å². The highest BCUT2D eigenvalue weighted by atomic mass is 32.1. The SMILES string of the molecule is NC1(Cc2cn3ccsc3n2)CC2CC1C1CCCC21. The van der Waals surface area contributed by atoms with Gasteiger partial charge in [-0.25, -0.2) is 4.98 Å². The molecule has 2 heterocycles. The van der Waals surface area contributed by atoms with Crippen LogP contribution in [0.5, 0.6) is 0 Å². The molecule has 5 unspecified atom stereocenters. The van der Waals surface area contributed by atoms with Gasteiger partial charge in [0.1, 0.15) is 0 Å². The third-order valence-corrected chi connectivity index (χ3v) is 7.11. The molecule has 3 fully saturated rings. The first-order valence-corrected chi connectivity index (χ1v) is 8.81. The highest BCUT2D eigenvalue weighted by molar-refractivity contribution is 7.15. The summed E-state index contributed by atoms with van der Waals surface area (Å²) in [6.45, 7) is 0. The van der Waals surface area contributed by atoms with Crippen LogP contribution in [0.4, 0.5) is 0 Å². The molecule has 0 saturated heterocycles. The van der Waals surface area contributed by atoms with E-state index in [0.29, 0.717) is 0 Å². The van der Waals surface area contributed by atoms with E-state index in [2.05, 4.69) is 22.2 Å². The molecule has 20 heavy (non-hydrogen) atoms. The Labute approximate surface area is 123 Å². The predicted octanol–water partition coefficient (Wildman–Crippen LogP) is 3.09. The van der Waals surface area contributed by atoms with E-state index in [0.717, 1.165) is 35.1 Å². The molecule has 4 heteroatoms. The molecular formula is C16H21N3S. The van der Waals surface area contributed by atoms with E-state index >= 15 is 0 Å². The van der Waals surface area contributed by atoms with Crippen LogP contribution in [0, 0.1) is 23.7 Å². The first-order chi connectivity index (χ1) is 9.73. The number of hydrogen-bond acceptors (Lipinski definition) is 3. The molecule has 3 saturated carbocycles. The largest absolute Gasteiger partial charge is 0.324 e. The molecule has 2 bridgehead atoms. The van der Waals surface area contributed by atoms with Gasteiger partial charge in [0, 0.05) is 29.7 Å². The lowest BCUT2D eigenvalue weighted by molar-refractivity contribution is 0.155. The maximum atomic E-state index is 6.88. The molecule has 0 aliphatic heterocycles. The summed E-state index contributed by atoms with van der Waals surface area (Å²) >= 11 is 1.71. The van der Waals surface area contributed by atoms with Crippen molar-refractivity contribution < 1.29 is 0 Å². The second kappa shape index (κ2) is 3.86. The van der Waals surface area contributed by atoms with E-state index in [-0.39, 0.29) is 5.54 Å². The van der Waals surface area contributed by atoms with Crippen LogP contribution in [0.2, 0.25) is 0 Å². The van der Waals surface area contributed by atoms with Gasteiger partial charge in [-0.1, -0.05) is 6.42 Å². The van der Waals surface area contributed by atoms with Crippen LogP contribution < -0.4 is 5.73 Å². The van der Waals surface area contributed by atoms with Crippen molar-refractivity contribution in [2.75, 3.05) is 0 Å². The summed E-state index contributed by atoms with van der Waals surface area (Å²) in [6, 6.07) is 0. The normalized spacial score (nSPS) is 42.6. The molecule has 0 amide bonds. The minimum atomic E-state index is 0.0280. The average molecular weight is 287 g/mol. The molecule has 0 aromatic carbocycles. The van der Waals surface area contributed by atoms with Crippen molar-refractivity contribution in [3.05, 3.63) is 23.5 Å². The van der Waals surface area contributed by atoms with E-state index in [1.165, 1.54) is 37.8 Å². The number of thiazole rings is 1. The van der Waals surface area contributed by atoms with Crippen molar-refractivity contribution in [2.45, 2.75) is 44.1 Å². The Morgan fingerprint density at radius 3 is 3.20 bits per heavy atom. The van der Waals surface area contributed by atoms with Gasteiger partial charge in [-0.15, -0.1) is 11.3 Å². The standard InChI is InChI=1S/C16H21N3S/c17-16(8-11-9-19-4-5-20-15(19)18-11)7-10-6-14(16)13-3-1-2-12(10)13/h4-5,9-10,12-14H,1-3,6-8,17H2. The van der Waals surface area contributed by atoms with Crippen LogP contribution in [0.1, 0.15) is 37.8 Å². The van der Waals surface area contributed by atoms with Gasteiger partial charge in [-0.05, 0) is 49.4 Å². The van der Waals surface area contributed by atoms with Gasteiger partial charge in [-0.3, -0.25) is 4.40 Å². The number of aromatic nitrogens is 2. The van der Waals surface area contributed by atoms with Crippen LogP contribution >= 0.6 is 11.3 Å². The third kappa shape index (κ3) is 1.47. The average Bonchev–Trinajstić information content (AvgIpc) is 3.08. The third-order valence-electron chi connectivity index (χ3n) is 6.34. The molecule has 0 spiro atoms. The van der Waals surface area contributed by atoms with Crippen LogP contribution in [0.25, 0.3) is 4.96 Å². The van der Waals surface area contributed by atoms with Crippen molar-refractivity contribution in [3.8, 4) is 0 Å². The highest BCUT2D eigenvalue weighted by Crippen LogP contribution is 2.62. The maximum Gasteiger partial charge on any atom is 0.193 e. The fourth-order valence-corrected chi connectivity index (χ4v) is 6.43. The summed E-state index contributed by atoms with van der Waals surface area (Å²) in [6.07, 6.45) is 12.2. The molecule has 2 aromatic rings. The van der Waals surface area contributed by atoms with Crippen LogP contribution in [-0.4, -0.2) is 14.9 Å². The second-order valence-corrected chi connectivity index (χ2v) is 8.17. The smallest absolute Gasteiger partial charge is 0.193 e. The minimum absolute atomic E-state index is 0.0280. The Balaban J connectivity index is 1.45. The van der Waals surface area contributed by atoms with Crippen molar-refractivity contribution in [2.24, 2.45) is 29.4 Å². The van der Waals surface area contributed by atoms with Gasteiger partial charge < -0.3 is 5.73 Å². The highest BCUT2D eigenvalue weighted by Gasteiger charge is 2.59. The molecule has 3 aliphatic carbocycles. The van der Waals surface area contributed by atoms with Crippen LogP contribution in [0.3, 0.4) is 0 Å². The van der Waals surface area contributed by atoms with Crippen LogP contribution in [0.15, 0.2) is 17.8 Å². The molecule has 2 aromatic heterocycles. The summed E-state index contributed by atoms with van der Waals surface area (Å²) in [5, 5.41) is 2.09. The zero-order chi connectivity index (χ0) is 13.3. The summed E-state index contributed by atoms with van der Waals surface area (Å²) < 4.78 is 2.13. The van der Waals surface area contributed by atoms with E-state index in [1.807, 2.05) is 0 Å². The fraction of sp³-hybridized carbons (Fsp3) is 0.688. The molecule has 0 radical (unpaired) electrons. The molecule has 5 rings (SSSR count). The topological polar surface area (TPSA) is 43.3 Å². The van der Waals surface area contributed by atoms with Gasteiger partial charge in [0.05, 0.1) is 5.69 Å². The number of imidazole rings is 1. The zero-order valence-corrected chi connectivity index (χ0v) is 12.5. The predicted molar refractivity (Wildman–Crippen MR) is 80.7 cm³/mol. The number of nitrogens with zero attached hydrogens (tertiary/aromatic N) is 2. The first-order valence-electron chi connectivity index (χ1n) is 7.93. The Bertz CT molecular complexity index is 631. The van der Waals surface area contributed by atoms with E-state index < -0.39 is 0 Å². The van der Waals surface area contributed by atoms with Crippen molar-refractivity contribution >= 4 is 16.3 Å². The van der Waals surface area contributed by atoms with Gasteiger partial charge >= 0.3 is 0 Å². The van der Waals surface area contributed by atoms with E-state index in [9.17, 15) is 0 Å². The van der Waals surface area contributed by atoms with Gasteiger partial charge in [0.15, 0.2) is 4.96 Å². The van der Waals surface area contributed by atoms with E-state index in [1.54, 1.807) is 11.3 Å². The lowest BCUT2D eigenvalue weighted by Gasteiger charge is -2.40. The molecule has 5 atom stereocenters. The number of rotatable bonds is 2. The molecule has 2 N–H and O–H groups in total. The Kier molecular flexibility index (Phi) is 2.27. The summed E-state index contributed by atoms with van der Waals surface area (Å²) in [4.78, 5) is 5.85. The monoisotopic (exact) mass is 287 g/mol. The van der Waals surface area contributed by atoms with Crippen molar-refractivity contribution in [3.63, 3.8) is 0 Å². The Morgan fingerprint density at radius 2 is 2.30 bits per heavy atom. The fourth-order valence-electron chi connectivity index (χ4n) is 5.72. The quantitative estimate of drug-likeness (QED) is 0.922. The lowest BCUT2D eigenvalue weighted by atomic mass is 9.69. The van der Waals surface area contributed by atoms with Gasteiger partial charge in [-0.2, -0.15) is 0 Å². The van der Waals surface area contributed by atoms with Crippen molar-refractivity contribution in [1.29, 1.82) is 0 Å². The molecule has 3 nitrogen and oxygen atoms in total. The summed E-state index contributed by atoms with van der Waals surface area (Å²) in [5.74, 6) is 3.63. The maximum absolute atomic E-state index is 6.88. The number of fused-ring (bicyclic) bond motifs is 6. The molecule has 106 valence electrons. The lowest BCUT2D eigenvalue weighted by Crippen LogP contribution is -2.51. The van der Waals surface area contributed by atoms with Crippen LogP contribution in [-0.2, 0) is 6.42 Å². The zero-order valence-electron chi connectivity index (χ0n) is 11.7. The first kappa shape index (κ1) is 11.8. The minimum Gasteiger partial charge on any atom is -0.324 e. The Hall–Kier alpha value is -0.870.